The highest BCUT2D eigenvalue weighted by Gasteiger charge is 2.13. The van der Waals surface area contributed by atoms with Crippen LogP contribution in [0.1, 0.15) is 23.7 Å². The number of carbonyl (C=O) groups is 2. The monoisotopic (exact) mass is 387 g/mol. The second-order valence-corrected chi connectivity index (χ2v) is 6.33. The summed E-state index contributed by atoms with van der Waals surface area (Å²) in [5, 5.41) is 10.7. The second-order valence-electron chi connectivity index (χ2n) is 5.40. The zero-order chi connectivity index (χ0) is 19.1. The van der Waals surface area contributed by atoms with Crippen LogP contribution in [0.5, 0.6) is 0 Å². The van der Waals surface area contributed by atoms with Crippen molar-refractivity contribution in [3.63, 3.8) is 0 Å². The van der Waals surface area contributed by atoms with Gasteiger partial charge in [0.1, 0.15) is 0 Å². The maximum Gasteiger partial charge on any atom is 0.338 e. The summed E-state index contributed by atoms with van der Waals surface area (Å²) in [6.07, 6.45) is 2.27. The molecule has 140 valence electrons. The molecule has 0 aliphatic heterocycles. The van der Waals surface area contributed by atoms with E-state index in [0.29, 0.717) is 23.6 Å². The minimum Gasteiger partial charge on any atom is -0.462 e. The van der Waals surface area contributed by atoms with Gasteiger partial charge in [0.15, 0.2) is 5.76 Å². The quantitative estimate of drug-likeness (QED) is 0.461. The minimum absolute atomic E-state index is 0.0973. The summed E-state index contributed by atoms with van der Waals surface area (Å²) in [6.45, 7) is 2.31. The number of nitrogens with one attached hydrogen (secondary N) is 1. The van der Waals surface area contributed by atoms with Crippen molar-refractivity contribution in [2.75, 3.05) is 17.7 Å². The molecule has 1 amide bonds. The Hall–Kier alpha value is -3.07. The molecular weight excluding hydrogens is 370 g/mol. The van der Waals surface area contributed by atoms with E-state index in [4.69, 9.17) is 13.6 Å². The summed E-state index contributed by atoms with van der Waals surface area (Å²) in [4.78, 5) is 23.8. The predicted octanol–water partition coefficient (Wildman–Crippen LogP) is 3.63. The first-order valence-corrected chi connectivity index (χ1v) is 9.21. The molecule has 0 saturated carbocycles. The topological polar surface area (TPSA) is 107 Å². The first-order valence-electron chi connectivity index (χ1n) is 8.23. The van der Waals surface area contributed by atoms with Crippen molar-refractivity contribution in [2.45, 2.75) is 18.6 Å². The first-order chi connectivity index (χ1) is 13.2. The van der Waals surface area contributed by atoms with Crippen molar-refractivity contribution in [3.05, 3.63) is 48.2 Å². The molecule has 9 heteroatoms. The van der Waals surface area contributed by atoms with Crippen molar-refractivity contribution in [2.24, 2.45) is 0 Å². The molecule has 0 aliphatic carbocycles. The van der Waals surface area contributed by atoms with E-state index in [1.54, 1.807) is 36.4 Å². The molecule has 0 fully saturated rings. The van der Waals surface area contributed by atoms with Gasteiger partial charge in [-0.2, -0.15) is 0 Å². The lowest BCUT2D eigenvalue weighted by atomic mass is 10.2. The fourth-order valence-corrected chi connectivity index (χ4v) is 2.62. The molecule has 3 rings (SSSR count). The highest BCUT2D eigenvalue weighted by atomic mass is 32.2. The number of hydrogen-bond donors (Lipinski definition) is 1. The summed E-state index contributed by atoms with van der Waals surface area (Å²) < 4.78 is 15.6. The van der Waals surface area contributed by atoms with Crippen LogP contribution in [0.2, 0.25) is 0 Å². The molecule has 0 unspecified atom stereocenters. The molecule has 0 bridgehead atoms. The average molecular weight is 387 g/mol. The smallest absolute Gasteiger partial charge is 0.338 e. The Morgan fingerprint density at radius 1 is 1.19 bits per heavy atom. The van der Waals surface area contributed by atoms with Gasteiger partial charge in [0.25, 0.3) is 11.1 Å². The number of thioether (sulfide) groups is 1. The average Bonchev–Trinajstić information content (AvgIpc) is 3.36. The molecule has 1 aromatic carbocycles. The van der Waals surface area contributed by atoms with Crippen LogP contribution in [0.25, 0.3) is 11.7 Å². The summed E-state index contributed by atoms with van der Waals surface area (Å²) in [7, 11) is 0. The van der Waals surface area contributed by atoms with E-state index in [1.807, 2.05) is 6.92 Å². The van der Waals surface area contributed by atoms with Gasteiger partial charge in [-0.25, -0.2) is 4.79 Å². The van der Waals surface area contributed by atoms with Gasteiger partial charge < -0.3 is 18.9 Å². The van der Waals surface area contributed by atoms with Gasteiger partial charge in [-0.1, -0.05) is 18.7 Å². The third kappa shape index (κ3) is 5.20. The van der Waals surface area contributed by atoms with E-state index in [0.717, 1.165) is 18.2 Å². The summed E-state index contributed by atoms with van der Waals surface area (Å²) in [5.41, 5.74) is 1.02. The first kappa shape index (κ1) is 18.7. The maximum atomic E-state index is 12.0. The second kappa shape index (κ2) is 9.04. The predicted molar refractivity (Wildman–Crippen MR) is 98.4 cm³/mol. The Labute approximate surface area is 159 Å². The number of nitrogens with zero attached hydrogens (tertiary/aromatic N) is 2. The third-order valence-electron chi connectivity index (χ3n) is 3.31. The molecule has 0 spiro atoms. The van der Waals surface area contributed by atoms with E-state index in [1.165, 1.54) is 6.26 Å². The van der Waals surface area contributed by atoms with Crippen molar-refractivity contribution in [3.8, 4) is 11.7 Å². The lowest BCUT2D eigenvalue weighted by molar-refractivity contribution is -0.113. The van der Waals surface area contributed by atoms with E-state index in [-0.39, 0.29) is 28.7 Å². The number of amides is 1. The van der Waals surface area contributed by atoms with E-state index < -0.39 is 0 Å². The van der Waals surface area contributed by atoms with Crippen LogP contribution in [-0.2, 0) is 9.53 Å². The van der Waals surface area contributed by atoms with E-state index in [2.05, 4.69) is 15.5 Å². The molecule has 2 heterocycles. The van der Waals surface area contributed by atoms with Crippen LogP contribution in [0.15, 0.2) is 56.7 Å². The van der Waals surface area contributed by atoms with Crippen LogP contribution >= 0.6 is 11.8 Å². The van der Waals surface area contributed by atoms with Gasteiger partial charge in [0, 0.05) is 5.69 Å². The van der Waals surface area contributed by atoms with Crippen LogP contribution in [0.3, 0.4) is 0 Å². The fourth-order valence-electron chi connectivity index (χ4n) is 2.06. The molecular formula is C18H17N3O5S. The molecule has 2 aromatic heterocycles. The summed E-state index contributed by atoms with van der Waals surface area (Å²) >= 11 is 1.11. The number of aromatic nitrogens is 2. The van der Waals surface area contributed by atoms with Gasteiger partial charge >= 0.3 is 5.97 Å². The maximum absolute atomic E-state index is 12.0. The number of rotatable bonds is 8. The SMILES string of the molecule is CCCOC(=O)c1ccc(NC(=O)CSc2nnc(-c3ccco3)o2)cc1. The molecule has 0 aliphatic rings. The number of ether oxygens (including phenoxy) is 1. The van der Waals surface area contributed by atoms with E-state index in [9.17, 15) is 9.59 Å². The number of benzene rings is 1. The number of carbonyl (C=O) groups excluding carboxylic acids is 2. The number of hydrogen-bond acceptors (Lipinski definition) is 8. The van der Waals surface area contributed by atoms with Crippen LogP contribution in [0.4, 0.5) is 5.69 Å². The highest BCUT2D eigenvalue weighted by molar-refractivity contribution is 7.99. The standard InChI is InChI=1S/C18H17N3O5S/c1-2-9-25-17(23)12-5-7-13(8-6-12)19-15(22)11-27-18-21-20-16(26-18)14-4-3-10-24-14/h3-8,10H,2,9,11H2,1H3,(H,19,22). The Balaban J connectivity index is 1.48. The van der Waals surface area contributed by atoms with Crippen molar-refractivity contribution in [1.82, 2.24) is 10.2 Å². The number of anilines is 1. The number of furan rings is 1. The van der Waals surface area contributed by atoms with Gasteiger partial charge in [-0.05, 0) is 42.8 Å². The molecule has 27 heavy (non-hydrogen) atoms. The molecule has 0 radical (unpaired) electrons. The Bertz CT molecular complexity index is 890. The lowest BCUT2D eigenvalue weighted by Gasteiger charge is -2.06. The Kier molecular flexibility index (Phi) is 6.26. The van der Waals surface area contributed by atoms with E-state index >= 15 is 0 Å². The van der Waals surface area contributed by atoms with Gasteiger partial charge in [0.2, 0.25) is 5.91 Å². The summed E-state index contributed by atoms with van der Waals surface area (Å²) in [6, 6.07) is 9.92. The van der Waals surface area contributed by atoms with Crippen molar-refractivity contribution >= 4 is 29.3 Å². The minimum atomic E-state index is -0.381. The highest BCUT2D eigenvalue weighted by Crippen LogP contribution is 2.23. The van der Waals surface area contributed by atoms with Crippen LogP contribution in [0, 0.1) is 0 Å². The third-order valence-corrected chi connectivity index (χ3v) is 4.13. The lowest BCUT2D eigenvalue weighted by Crippen LogP contribution is -2.14. The number of esters is 1. The van der Waals surface area contributed by atoms with Gasteiger partial charge in [-0.15, -0.1) is 10.2 Å². The molecule has 0 saturated heterocycles. The Morgan fingerprint density at radius 3 is 2.70 bits per heavy atom. The van der Waals surface area contributed by atoms with Gasteiger partial charge in [0.05, 0.1) is 24.2 Å². The van der Waals surface area contributed by atoms with Crippen molar-refractivity contribution < 1.29 is 23.2 Å². The van der Waals surface area contributed by atoms with Crippen LogP contribution in [-0.4, -0.2) is 34.4 Å². The largest absolute Gasteiger partial charge is 0.462 e. The molecule has 0 atom stereocenters. The molecule has 3 aromatic rings. The fraction of sp³-hybridized carbons (Fsp3) is 0.222. The molecule has 1 N–H and O–H groups in total. The van der Waals surface area contributed by atoms with Crippen LogP contribution < -0.4 is 5.32 Å². The van der Waals surface area contributed by atoms with Crippen molar-refractivity contribution in [1.29, 1.82) is 0 Å². The van der Waals surface area contributed by atoms with Gasteiger partial charge in [-0.3, -0.25) is 4.79 Å². The zero-order valence-corrected chi connectivity index (χ0v) is 15.3. The molecule has 8 nitrogen and oxygen atoms in total. The zero-order valence-electron chi connectivity index (χ0n) is 14.5. The summed E-state index contributed by atoms with van der Waals surface area (Å²) in [5.74, 6) is 0.206. The Morgan fingerprint density at radius 2 is 2.00 bits per heavy atom. The normalized spacial score (nSPS) is 10.6.